The van der Waals surface area contributed by atoms with Crippen molar-refractivity contribution < 1.29 is 4.74 Å². The molecule has 1 saturated carbocycles. The smallest absolute Gasteiger partial charge is 0.237 e. The summed E-state index contributed by atoms with van der Waals surface area (Å²) in [4.78, 5) is 11.0. The number of anilines is 1. The zero-order chi connectivity index (χ0) is 29.7. The molecule has 3 N–H and O–H groups in total. The molecule has 222 valence electrons. The van der Waals surface area contributed by atoms with Crippen molar-refractivity contribution in [2.24, 2.45) is 23.0 Å². The van der Waals surface area contributed by atoms with Gasteiger partial charge in [-0.2, -0.15) is 4.98 Å². The van der Waals surface area contributed by atoms with Crippen LogP contribution in [-0.4, -0.2) is 22.6 Å². The molecule has 1 aromatic heterocycles. The molecule has 5 rings (SSSR count). The van der Waals surface area contributed by atoms with E-state index in [4.69, 9.17) is 20.4 Å². The van der Waals surface area contributed by atoms with Crippen LogP contribution in [0.25, 0.3) is 11.3 Å². The van der Waals surface area contributed by atoms with Crippen LogP contribution in [0.3, 0.4) is 0 Å². The summed E-state index contributed by atoms with van der Waals surface area (Å²) in [5, 5.41) is 0. The molecule has 41 heavy (non-hydrogen) atoms. The summed E-state index contributed by atoms with van der Waals surface area (Å²) in [5.74, 6) is 2.80. The number of ether oxygens (including phenoxy) is 1. The lowest BCUT2D eigenvalue weighted by Gasteiger charge is -2.37. The van der Waals surface area contributed by atoms with Crippen LogP contribution in [0.15, 0.2) is 47.4 Å². The Kier molecular flexibility index (Phi) is 10.4. The van der Waals surface area contributed by atoms with Crippen molar-refractivity contribution in [1.82, 2.24) is 9.97 Å². The predicted octanol–water partition coefficient (Wildman–Crippen LogP) is 9.26. The van der Waals surface area contributed by atoms with Crippen molar-refractivity contribution in [2.75, 3.05) is 11.3 Å². The standard InChI is InChI=1S/C33H44N4OS.C2H6/c1-20-9-7-10-21(2)29(20)30-22(3)31-36-32(35-30)37-39-27-12-8-11-24(17-27)28(14-13-23-15-26(34)16-23)25(19-38-31)18-33(4,5)6;1-2/h7-12,17,23,25-26,28H,13-16,18-19,34H2,1-6H3,(H,35,36,37);1-2H3. The number of aryl methyl sites for hydroxylation is 2. The van der Waals surface area contributed by atoms with E-state index in [1.807, 2.05) is 13.8 Å². The van der Waals surface area contributed by atoms with E-state index >= 15 is 0 Å². The third-order valence-electron chi connectivity index (χ3n) is 8.40. The zero-order valence-corrected chi connectivity index (χ0v) is 27.2. The minimum atomic E-state index is 0.186. The van der Waals surface area contributed by atoms with Crippen LogP contribution in [0.5, 0.6) is 5.88 Å². The fourth-order valence-electron chi connectivity index (χ4n) is 6.43. The molecule has 4 bridgehead atoms. The normalized spacial score (nSPS) is 22.1. The van der Waals surface area contributed by atoms with Gasteiger partial charge in [0.15, 0.2) is 0 Å². The van der Waals surface area contributed by atoms with Gasteiger partial charge in [0.05, 0.1) is 12.3 Å². The van der Waals surface area contributed by atoms with Crippen LogP contribution in [0, 0.1) is 38.0 Å². The minimum absolute atomic E-state index is 0.186. The van der Waals surface area contributed by atoms with E-state index in [0.29, 0.717) is 36.3 Å². The van der Waals surface area contributed by atoms with Gasteiger partial charge in [0, 0.05) is 28.0 Å². The van der Waals surface area contributed by atoms with E-state index in [0.717, 1.165) is 48.4 Å². The average molecular weight is 575 g/mol. The molecule has 0 amide bonds. The number of hydrogen-bond acceptors (Lipinski definition) is 6. The number of benzene rings is 2. The highest BCUT2D eigenvalue weighted by molar-refractivity contribution is 8.00. The maximum absolute atomic E-state index is 6.70. The summed E-state index contributed by atoms with van der Waals surface area (Å²) in [5.41, 5.74) is 13.2. The average Bonchev–Trinajstić information content (AvgIpc) is 2.91. The highest BCUT2D eigenvalue weighted by Crippen LogP contribution is 2.42. The Hall–Kier alpha value is -2.57. The second kappa shape index (κ2) is 13.6. The van der Waals surface area contributed by atoms with Gasteiger partial charge < -0.3 is 10.5 Å². The molecule has 1 aliphatic heterocycles. The first-order chi connectivity index (χ1) is 19.6. The number of hydrogen-bond donors (Lipinski definition) is 2. The molecular formula is C35H50N4OS. The zero-order valence-electron chi connectivity index (χ0n) is 26.4. The molecule has 2 atom stereocenters. The third-order valence-corrected chi connectivity index (χ3v) is 9.18. The van der Waals surface area contributed by atoms with E-state index in [9.17, 15) is 0 Å². The Morgan fingerprint density at radius 2 is 1.66 bits per heavy atom. The Labute approximate surface area is 252 Å². The first-order valence-electron chi connectivity index (χ1n) is 15.4. The number of aromatic nitrogens is 2. The van der Waals surface area contributed by atoms with Crippen LogP contribution in [0.2, 0.25) is 0 Å². The lowest BCUT2D eigenvalue weighted by atomic mass is 9.71. The molecule has 2 unspecified atom stereocenters. The first kappa shape index (κ1) is 31.4. The largest absolute Gasteiger partial charge is 0.477 e. The Morgan fingerprint density at radius 3 is 2.32 bits per heavy atom. The van der Waals surface area contributed by atoms with Gasteiger partial charge >= 0.3 is 0 Å². The van der Waals surface area contributed by atoms with Crippen molar-refractivity contribution >= 4 is 17.9 Å². The van der Waals surface area contributed by atoms with Gasteiger partial charge in [-0.1, -0.05) is 65.0 Å². The van der Waals surface area contributed by atoms with Gasteiger partial charge in [-0.15, -0.1) is 0 Å². The molecular weight excluding hydrogens is 524 g/mol. The van der Waals surface area contributed by atoms with E-state index in [1.165, 1.54) is 28.0 Å². The fraction of sp³-hybridized carbons (Fsp3) is 0.543. The summed E-state index contributed by atoms with van der Waals surface area (Å²) in [6.45, 7) is 18.0. The van der Waals surface area contributed by atoms with Crippen molar-refractivity contribution in [3.8, 4) is 17.1 Å². The quantitative estimate of drug-likeness (QED) is 0.296. The van der Waals surface area contributed by atoms with Crippen LogP contribution in [0.4, 0.5) is 5.95 Å². The van der Waals surface area contributed by atoms with E-state index < -0.39 is 0 Å². The van der Waals surface area contributed by atoms with E-state index in [-0.39, 0.29) is 5.41 Å². The Balaban J connectivity index is 0.00000189. The molecule has 0 saturated heterocycles. The number of fused-ring (bicyclic) bond motifs is 4. The molecule has 0 radical (unpaired) electrons. The highest BCUT2D eigenvalue weighted by atomic mass is 32.2. The van der Waals surface area contributed by atoms with Crippen LogP contribution in [-0.2, 0) is 0 Å². The molecule has 0 spiro atoms. The topological polar surface area (TPSA) is 73.1 Å². The number of rotatable bonds is 5. The summed E-state index contributed by atoms with van der Waals surface area (Å²) >= 11 is 1.57. The van der Waals surface area contributed by atoms with Gasteiger partial charge in [-0.05, 0) is 111 Å². The molecule has 6 heteroatoms. The van der Waals surface area contributed by atoms with Crippen molar-refractivity contribution in [3.05, 3.63) is 64.7 Å². The second-order valence-corrected chi connectivity index (χ2v) is 13.9. The van der Waals surface area contributed by atoms with Gasteiger partial charge in [0.2, 0.25) is 11.8 Å². The van der Waals surface area contributed by atoms with Crippen molar-refractivity contribution in [3.63, 3.8) is 0 Å². The van der Waals surface area contributed by atoms with Gasteiger partial charge in [-0.25, -0.2) is 4.98 Å². The Bertz CT molecular complexity index is 1290. The molecule has 5 nitrogen and oxygen atoms in total. The fourth-order valence-corrected chi connectivity index (χ4v) is 7.07. The van der Waals surface area contributed by atoms with Crippen LogP contribution < -0.4 is 15.2 Å². The van der Waals surface area contributed by atoms with Gasteiger partial charge in [0.1, 0.15) is 0 Å². The third kappa shape index (κ3) is 7.84. The van der Waals surface area contributed by atoms with Crippen molar-refractivity contribution in [2.45, 2.75) is 104 Å². The molecule has 2 aliphatic rings. The van der Waals surface area contributed by atoms with Crippen molar-refractivity contribution in [1.29, 1.82) is 0 Å². The molecule has 3 aromatic rings. The number of nitrogens with two attached hydrogens (primary N) is 1. The van der Waals surface area contributed by atoms with Crippen LogP contribution >= 0.6 is 11.9 Å². The lowest BCUT2D eigenvalue weighted by Crippen LogP contribution is -2.36. The minimum Gasteiger partial charge on any atom is -0.477 e. The molecule has 1 aliphatic carbocycles. The molecule has 1 fully saturated rings. The molecule has 2 heterocycles. The summed E-state index contributed by atoms with van der Waals surface area (Å²) in [6.07, 6.45) is 5.79. The summed E-state index contributed by atoms with van der Waals surface area (Å²) in [7, 11) is 0. The van der Waals surface area contributed by atoms with Gasteiger partial charge in [0.25, 0.3) is 0 Å². The van der Waals surface area contributed by atoms with E-state index in [2.05, 4.69) is 88.7 Å². The Morgan fingerprint density at radius 1 is 0.976 bits per heavy atom. The lowest BCUT2D eigenvalue weighted by molar-refractivity contribution is 0.152. The van der Waals surface area contributed by atoms with E-state index in [1.54, 1.807) is 11.9 Å². The highest BCUT2D eigenvalue weighted by Gasteiger charge is 2.32. The summed E-state index contributed by atoms with van der Waals surface area (Å²) < 4.78 is 10.1. The number of nitrogens with one attached hydrogen (secondary N) is 1. The second-order valence-electron chi connectivity index (χ2n) is 13.0. The van der Waals surface area contributed by atoms with Gasteiger partial charge in [-0.3, -0.25) is 4.72 Å². The number of nitrogens with zero attached hydrogens (tertiary/aromatic N) is 2. The predicted molar refractivity (Wildman–Crippen MR) is 175 cm³/mol. The summed E-state index contributed by atoms with van der Waals surface area (Å²) in [6, 6.07) is 15.8. The molecule has 2 aromatic carbocycles. The maximum atomic E-state index is 6.70. The first-order valence-corrected chi connectivity index (χ1v) is 16.3. The SMILES string of the molecule is CC.Cc1cccc(C)c1-c1nc2nc(c1C)OCC(CC(C)(C)C)C(CCC1CC(N)C1)c1cccc(c1)SN2. The maximum Gasteiger partial charge on any atom is 0.237 e. The van der Waals surface area contributed by atoms with Crippen LogP contribution in [0.1, 0.15) is 94.9 Å². The monoisotopic (exact) mass is 574 g/mol.